The predicted octanol–water partition coefficient (Wildman–Crippen LogP) is 0.871. The lowest BCUT2D eigenvalue weighted by atomic mass is 10.2. The molecule has 0 aliphatic heterocycles. The summed E-state index contributed by atoms with van der Waals surface area (Å²) in [7, 11) is 1.74. The smallest absolute Gasteiger partial charge is 0.312 e. The molecule has 0 saturated heterocycles. The molecule has 0 aromatic heterocycles. The summed E-state index contributed by atoms with van der Waals surface area (Å²) >= 11 is 0. The van der Waals surface area contributed by atoms with Gasteiger partial charge in [-0.3, -0.25) is 10.1 Å². The topological polar surface area (TPSA) is 75.4 Å². The van der Waals surface area contributed by atoms with E-state index in [0.29, 0.717) is 6.54 Å². The van der Waals surface area contributed by atoms with E-state index in [1.807, 2.05) is 0 Å². The molecule has 0 amide bonds. The molecule has 78 valence electrons. The highest BCUT2D eigenvalue weighted by molar-refractivity contribution is 5.56. The SMILES string of the molecule is CNCC#Cc1cccc([N+](=O)[O-])c1O. The van der Waals surface area contributed by atoms with E-state index in [2.05, 4.69) is 17.2 Å². The Balaban J connectivity index is 3.06. The van der Waals surface area contributed by atoms with E-state index in [4.69, 9.17) is 0 Å². The molecule has 0 unspecified atom stereocenters. The molecule has 5 heteroatoms. The monoisotopic (exact) mass is 206 g/mol. The van der Waals surface area contributed by atoms with Gasteiger partial charge >= 0.3 is 5.69 Å². The van der Waals surface area contributed by atoms with E-state index in [1.54, 1.807) is 7.05 Å². The van der Waals surface area contributed by atoms with Crippen molar-refractivity contribution >= 4 is 5.69 Å². The largest absolute Gasteiger partial charge is 0.501 e. The number of benzene rings is 1. The quantitative estimate of drug-likeness (QED) is 0.427. The number of rotatable bonds is 2. The Morgan fingerprint density at radius 1 is 1.60 bits per heavy atom. The van der Waals surface area contributed by atoms with Crippen LogP contribution in [0, 0.1) is 22.0 Å². The number of nitrogens with zero attached hydrogens (tertiary/aromatic N) is 1. The summed E-state index contributed by atoms with van der Waals surface area (Å²) < 4.78 is 0. The summed E-state index contributed by atoms with van der Waals surface area (Å²) in [5.74, 6) is 4.97. The van der Waals surface area contributed by atoms with Gasteiger partial charge in [-0.05, 0) is 13.1 Å². The molecule has 0 atom stereocenters. The molecule has 1 aromatic rings. The number of hydrogen-bond acceptors (Lipinski definition) is 4. The van der Waals surface area contributed by atoms with E-state index >= 15 is 0 Å². The number of aromatic hydroxyl groups is 1. The van der Waals surface area contributed by atoms with E-state index in [1.165, 1.54) is 18.2 Å². The van der Waals surface area contributed by atoms with Gasteiger partial charge in [-0.2, -0.15) is 0 Å². The normalized spacial score (nSPS) is 9.13. The molecule has 0 heterocycles. The maximum Gasteiger partial charge on any atom is 0.312 e. The molecule has 0 saturated carbocycles. The van der Waals surface area contributed by atoms with Crippen LogP contribution in [0.2, 0.25) is 0 Å². The first-order valence-corrected chi connectivity index (χ1v) is 4.26. The van der Waals surface area contributed by atoms with Gasteiger partial charge in [-0.15, -0.1) is 0 Å². The van der Waals surface area contributed by atoms with Crippen molar-refractivity contribution in [1.29, 1.82) is 0 Å². The van der Waals surface area contributed by atoms with E-state index < -0.39 is 4.92 Å². The highest BCUT2D eigenvalue weighted by Gasteiger charge is 2.14. The van der Waals surface area contributed by atoms with Gasteiger partial charge in [-0.1, -0.05) is 17.9 Å². The zero-order chi connectivity index (χ0) is 11.3. The lowest BCUT2D eigenvalue weighted by Crippen LogP contribution is -2.04. The Kier molecular flexibility index (Phi) is 3.66. The molecule has 1 aromatic carbocycles. The highest BCUT2D eigenvalue weighted by Crippen LogP contribution is 2.28. The molecule has 1 rings (SSSR count). The average molecular weight is 206 g/mol. The minimum atomic E-state index is -0.640. The molecule has 0 fully saturated rings. The van der Waals surface area contributed by atoms with Gasteiger partial charge in [0.15, 0.2) is 0 Å². The Labute approximate surface area is 86.9 Å². The lowest BCUT2D eigenvalue weighted by molar-refractivity contribution is -0.385. The maximum atomic E-state index is 10.5. The minimum absolute atomic E-state index is 0.263. The summed E-state index contributed by atoms with van der Waals surface area (Å²) in [6, 6.07) is 4.25. The molecule has 0 aliphatic rings. The van der Waals surface area contributed by atoms with E-state index in [0.717, 1.165) is 0 Å². The molecular formula is C10H10N2O3. The number of para-hydroxylation sites is 1. The van der Waals surface area contributed by atoms with Crippen molar-refractivity contribution < 1.29 is 10.0 Å². The second-order valence-electron chi connectivity index (χ2n) is 2.76. The van der Waals surface area contributed by atoms with Crippen LogP contribution >= 0.6 is 0 Å². The number of phenolic OH excluding ortho intramolecular Hbond substituents is 1. The van der Waals surface area contributed by atoms with Crippen molar-refractivity contribution in [2.45, 2.75) is 0 Å². The van der Waals surface area contributed by atoms with Gasteiger partial charge in [0, 0.05) is 6.07 Å². The van der Waals surface area contributed by atoms with Crippen LogP contribution in [-0.4, -0.2) is 23.6 Å². The fourth-order valence-corrected chi connectivity index (χ4v) is 1.01. The third kappa shape index (κ3) is 2.69. The lowest BCUT2D eigenvalue weighted by Gasteiger charge is -1.97. The van der Waals surface area contributed by atoms with Gasteiger partial charge in [0.2, 0.25) is 5.75 Å². The first kappa shape index (κ1) is 11.0. The Morgan fingerprint density at radius 3 is 2.93 bits per heavy atom. The van der Waals surface area contributed by atoms with Crippen molar-refractivity contribution in [3.05, 3.63) is 33.9 Å². The van der Waals surface area contributed by atoms with Crippen LogP contribution in [0.5, 0.6) is 5.75 Å². The fourth-order valence-electron chi connectivity index (χ4n) is 1.01. The average Bonchev–Trinajstić information content (AvgIpc) is 2.20. The zero-order valence-electron chi connectivity index (χ0n) is 8.15. The third-order valence-corrected chi connectivity index (χ3v) is 1.70. The van der Waals surface area contributed by atoms with Gasteiger partial charge in [0.25, 0.3) is 0 Å². The molecular weight excluding hydrogens is 196 g/mol. The summed E-state index contributed by atoms with van der Waals surface area (Å²) in [5.41, 5.74) is -0.0642. The van der Waals surface area contributed by atoms with Crippen LogP contribution in [-0.2, 0) is 0 Å². The standard InChI is InChI=1S/C10H10N2O3/c1-11-7-3-5-8-4-2-6-9(10(8)13)12(14)15/h2,4,6,11,13H,7H2,1H3. The number of nitrogens with one attached hydrogen (secondary N) is 1. The van der Waals surface area contributed by atoms with Crippen LogP contribution in [0.3, 0.4) is 0 Å². The summed E-state index contributed by atoms with van der Waals surface area (Å²) in [5, 5.41) is 22.8. The molecule has 0 bridgehead atoms. The Bertz CT molecular complexity index is 432. The first-order chi connectivity index (χ1) is 7.16. The molecule has 0 radical (unpaired) electrons. The van der Waals surface area contributed by atoms with Crippen LogP contribution in [0.4, 0.5) is 5.69 Å². The maximum absolute atomic E-state index is 10.5. The first-order valence-electron chi connectivity index (χ1n) is 4.26. The van der Waals surface area contributed by atoms with Crippen LogP contribution in [0.15, 0.2) is 18.2 Å². The zero-order valence-corrected chi connectivity index (χ0v) is 8.15. The van der Waals surface area contributed by atoms with Crippen LogP contribution in [0.1, 0.15) is 5.56 Å². The van der Waals surface area contributed by atoms with Gasteiger partial charge in [0.1, 0.15) is 0 Å². The Hall–Kier alpha value is -2.06. The predicted molar refractivity (Wildman–Crippen MR) is 55.6 cm³/mol. The summed E-state index contributed by atoms with van der Waals surface area (Å²) in [6.07, 6.45) is 0. The molecule has 15 heavy (non-hydrogen) atoms. The molecule has 0 aliphatic carbocycles. The van der Waals surface area contributed by atoms with Crippen LogP contribution in [0.25, 0.3) is 0 Å². The third-order valence-electron chi connectivity index (χ3n) is 1.70. The molecule has 0 spiro atoms. The second-order valence-corrected chi connectivity index (χ2v) is 2.76. The molecule has 5 nitrogen and oxygen atoms in total. The van der Waals surface area contributed by atoms with Gasteiger partial charge in [-0.25, -0.2) is 0 Å². The van der Waals surface area contributed by atoms with Crippen molar-refractivity contribution in [3.8, 4) is 17.6 Å². The molecule has 2 N–H and O–H groups in total. The fraction of sp³-hybridized carbons (Fsp3) is 0.200. The van der Waals surface area contributed by atoms with E-state index in [9.17, 15) is 15.2 Å². The minimum Gasteiger partial charge on any atom is -0.501 e. The van der Waals surface area contributed by atoms with Gasteiger partial charge < -0.3 is 10.4 Å². The number of nitro benzene ring substituents is 1. The van der Waals surface area contributed by atoms with E-state index in [-0.39, 0.29) is 17.0 Å². The number of phenols is 1. The van der Waals surface area contributed by atoms with Crippen LogP contribution < -0.4 is 5.32 Å². The van der Waals surface area contributed by atoms with Gasteiger partial charge in [0.05, 0.1) is 17.0 Å². The van der Waals surface area contributed by atoms with Crippen molar-refractivity contribution in [1.82, 2.24) is 5.32 Å². The van der Waals surface area contributed by atoms with Crippen molar-refractivity contribution in [2.75, 3.05) is 13.6 Å². The summed E-state index contributed by atoms with van der Waals surface area (Å²) in [4.78, 5) is 9.85. The Morgan fingerprint density at radius 2 is 2.33 bits per heavy atom. The van der Waals surface area contributed by atoms with Crippen molar-refractivity contribution in [2.24, 2.45) is 0 Å². The summed E-state index contributed by atoms with van der Waals surface area (Å²) in [6.45, 7) is 0.460. The van der Waals surface area contributed by atoms with Crippen molar-refractivity contribution in [3.63, 3.8) is 0 Å². The highest BCUT2D eigenvalue weighted by atomic mass is 16.6. The number of nitro groups is 1. The second kappa shape index (κ2) is 4.98. The number of hydrogen-bond donors (Lipinski definition) is 2.